The quantitative estimate of drug-likeness (QED) is 0.424. The van der Waals surface area contributed by atoms with Crippen LogP contribution in [0, 0.1) is 17.2 Å². The number of H-pyrrole nitrogens is 1. The lowest BCUT2D eigenvalue weighted by Crippen LogP contribution is -2.54. The van der Waals surface area contributed by atoms with E-state index in [2.05, 4.69) is 20.9 Å². The van der Waals surface area contributed by atoms with Crippen molar-refractivity contribution in [1.29, 1.82) is 0 Å². The van der Waals surface area contributed by atoms with Crippen molar-refractivity contribution in [2.75, 3.05) is 13.7 Å². The number of benzene rings is 1. The predicted molar refractivity (Wildman–Crippen MR) is 128 cm³/mol. The monoisotopic (exact) mass is 488 g/mol. The number of aromatic nitrogens is 1. The van der Waals surface area contributed by atoms with Crippen LogP contribution in [-0.4, -0.2) is 54.4 Å². The molecule has 9 nitrogen and oxygen atoms in total. The van der Waals surface area contributed by atoms with Gasteiger partial charge in [0.25, 0.3) is 5.91 Å². The van der Waals surface area contributed by atoms with Gasteiger partial charge in [0.05, 0.1) is 12.6 Å². The molecule has 3 rings (SSSR count). The molecule has 1 aliphatic heterocycles. The highest BCUT2D eigenvalue weighted by Crippen LogP contribution is 2.23. The van der Waals surface area contributed by atoms with Crippen molar-refractivity contribution >= 4 is 34.6 Å². The fourth-order valence-corrected chi connectivity index (χ4v) is 4.27. The summed E-state index contributed by atoms with van der Waals surface area (Å²) in [5, 5.41) is 8.68. The third-order valence-corrected chi connectivity index (χ3v) is 6.01. The Bertz CT molecular complexity index is 1110. The number of hydrogen-bond donors (Lipinski definition) is 4. The molecule has 2 aromatic rings. The van der Waals surface area contributed by atoms with Gasteiger partial charge in [0.15, 0.2) is 0 Å². The van der Waals surface area contributed by atoms with Crippen LogP contribution < -0.4 is 16.0 Å². The second-order valence-electron chi connectivity index (χ2n) is 10.1. The van der Waals surface area contributed by atoms with Crippen LogP contribution in [0.1, 0.15) is 56.9 Å². The SMILES string of the molecule is COC(=O)[C@H](C[C@@H]1CCCNC1=O)NC(=O)[C@H](CC(C)(C)C)NC(=O)c1cc2cccc(F)c2[nH]1. The molecule has 1 saturated heterocycles. The average Bonchev–Trinajstić information content (AvgIpc) is 3.24. The number of esters is 1. The molecule has 0 saturated carbocycles. The average molecular weight is 489 g/mol. The highest BCUT2D eigenvalue weighted by Gasteiger charge is 2.34. The summed E-state index contributed by atoms with van der Waals surface area (Å²) in [5.74, 6) is -2.88. The van der Waals surface area contributed by atoms with E-state index in [0.717, 1.165) is 6.42 Å². The Labute approximate surface area is 203 Å². The highest BCUT2D eigenvalue weighted by molar-refractivity contribution is 6.00. The molecule has 0 radical (unpaired) electrons. The van der Waals surface area contributed by atoms with Crippen molar-refractivity contribution in [2.24, 2.45) is 11.3 Å². The summed E-state index contributed by atoms with van der Waals surface area (Å²) >= 11 is 0. The summed E-state index contributed by atoms with van der Waals surface area (Å²) in [7, 11) is 1.21. The van der Waals surface area contributed by atoms with E-state index in [4.69, 9.17) is 4.74 Å². The first-order chi connectivity index (χ1) is 16.5. The second kappa shape index (κ2) is 10.9. The van der Waals surface area contributed by atoms with Crippen LogP contribution in [0.25, 0.3) is 10.9 Å². The van der Waals surface area contributed by atoms with Gasteiger partial charge in [-0.25, -0.2) is 9.18 Å². The van der Waals surface area contributed by atoms with Gasteiger partial charge in [-0.2, -0.15) is 0 Å². The molecular formula is C25H33FN4O5. The maximum atomic E-state index is 14.0. The molecule has 0 unspecified atom stereocenters. The van der Waals surface area contributed by atoms with E-state index in [9.17, 15) is 23.6 Å². The van der Waals surface area contributed by atoms with Crippen molar-refractivity contribution in [3.05, 3.63) is 35.8 Å². The van der Waals surface area contributed by atoms with Crippen molar-refractivity contribution in [2.45, 2.75) is 58.5 Å². The number of piperidine rings is 1. The smallest absolute Gasteiger partial charge is 0.328 e. The fraction of sp³-hybridized carbons (Fsp3) is 0.520. The Balaban J connectivity index is 1.78. The van der Waals surface area contributed by atoms with Gasteiger partial charge >= 0.3 is 5.97 Å². The zero-order valence-corrected chi connectivity index (χ0v) is 20.5. The zero-order chi connectivity index (χ0) is 25.8. The number of methoxy groups -OCH3 is 1. The van der Waals surface area contributed by atoms with Crippen molar-refractivity contribution in [1.82, 2.24) is 20.9 Å². The molecule has 3 atom stereocenters. The van der Waals surface area contributed by atoms with Crippen LogP contribution in [-0.2, 0) is 19.1 Å². The Kier molecular flexibility index (Phi) is 8.14. The van der Waals surface area contributed by atoms with Gasteiger partial charge in [-0.15, -0.1) is 0 Å². The Morgan fingerprint density at radius 1 is 1.20 bits per heavy atom. The number of ether oxygens (including phenoxy) is 1. The molecule has 3 amide bonds. The molecule has 1 aliphatic rings. The summed E-state index contributed by atoms with van der Waals surface area (Å²) < 4.78 is 18.9. The summed E-state index contributed by atoms with van der Waals surface area (Å²) in [6.45, 7) is 6.34. The normalized spacial score (nSPS) is 17.9. The van der Waals surface area contributed by atoms with Crippen molar-refractivity contribution < 1.29 is 28.3 Å². The van der Waals surface area contributed by atoms with Gasteiger partial charge in [-0.05, 0) is 43.2 Å². The number of rotatable bonds is 8. The first-order valence-corrected chi connectivity index (χ1v) is 11.7. The number of fused-ring (bicyclic) bond motifs is 1. The van der Waals surface area contributed by atoms with Gasteiger partial charge in [0.1, 0.15) is 23.6 Å². The molecular weight excluding hydrogens is 455 g/mol. The lowest BCUT2D eigenvalue weighted by Gasteiger charge is -2.29. The zero-order valence-electron chi connectivity index (χ0n) is 20.5. The van der Waals surface area contributed by atoms with Gasteiger partial charge < -0.3 is 25.7 Å². The number of nitrogens with one attached hydrogen (secondary N) is 4. The van der Waals surface area contributed by atoms with Crippen LogP contribution >= 0.6 is 0 Å². The summed E-state index contributed by atoms with van der Waals surface area (Å²) in [6, 6.07) is 4.00. The van der Waals surface area contributed by atoms with Gasteiger partial charge in [0.2, 0.25) is 11.8 Å². The Hall–Kier alpha value is -3.43. The summed E-state index contributed by atoms with van der Waals surface area (Å²) in [5.41, 5.74) is -0.0301. The van der Waals surface area contributed by atoms with Gasteiger partial charge in [-0.3, -0.25) is 14.4 Å². The number of amides is 3. The molecule has 1 aromatic heterocycles. The predicted octanol–water partition coefficient (Wildman–Crippen LogP) is 2.42. The van der Waals surface area contributed by atoms with Gasteiger partial charge in [0, 0.05) is 17.8 Å². The van der Waals surface area contributed by atoms with Crippen LogP contribution in [0.15, 0.2) is 24.3 Å². The molecule has 1 aromatic carbocycles. The molecule has 35 heavy (non-hydrogen) atoms. The standard InChI is InChI=1S/C25H33FN4O5/c1-25(2,3)13-19(30-22(32)17-11-14-7-5-9-16(26)20(14)28-17)23(33)29-18(24(34)35-4)12-15-8-6-10-27-21(15)31/h5,7,9,11,15,18-19,28H,6,8,10,12-13H2,1-4H3,(H,27,31)(H,29,33)(H,30,32)/t15-,18-,19-/m0/s1. The first-order valence-electron chi connectivity index (χ1n) is 11.7. The Morgan fingerprint density at radius 2 is 1.94 bits per heavy atom. The molecule has 1 fully saturated rings. The second-order valence-corrected chi connectivity index (χ2v) is 10.1. The van der Waals surface area contributed by atoms with E-state index in [-0.39, 0.29) is 35.4 Å². The minimum absolute atomic E-state index is 0.0989. The number of hydrogen-bond acceptors (Lipinski definition) is 5. The van der Waals surface area contributed by atoms with Crippen LogP contribution in [0.2, 0.25) is 0 Å². The van der Waals surface area contributed by atoms with Gasteiger partial charge in [-0.1, -0.05) is 32.9 Å². The minimum Gasteiger partial charge on any atom is -0.467 e. The molecule has 0 bridgehead atoms. The molecule has 2 heterocycles. The molecule has 190 valence electrons. The Morgan fingerprint density at radius 3 is 2.57 bits per heavy atom. The summed E-state index contributed by atoms with van der Waals surface area (Å²) in [6.07, 6.45) is 1.76. The van der Waals surface area contributed by atoms with E-state index in [0.29, 0.717) is 18.4 Å². The largest absolute Gasteiger partial charge is 0.467 e. The van der Waals surface area contributed by atoms with E-state index in [1.54, 1.807) is 12.1 Å². The van der Waals surface area contributed by atoms with Crippen molar-refractivity contribution in [3.63, 3.8) is 0 Å². The third-order valence-electron chi connectivity index (χ3n) is 6.01. The highest BCUT2D eigenvalue weighted by atomic mass is 19.1. The fourth-order valence-electron chi connectivity index (χ4n) is 4.27. The van der Waals surface area contributed by atoms with E-state index in [1.807, 2.05) is 20.8 Å². The molecule has 0 spiro atoms. The minimum atomic E-state index is -1.04. The topological polar surface area (TPSA) is 129 Å². The molecule has 0 aliphatic carbocycles. The van der Waals surface area contributed by atoms with Crippen LogP contribution in [0.5, 0.6) is 0 Å². The number of para-hydroxylation sites is 1. The van der Waals surface area contributed by atoms with Crippen LogP contribution in [0.3, 0.4) is 0 Å². The number of carbonyl (C=O) groups is 4. The molecule has 4 N–H and O–H groups in total. The summed E-state index contributed by atoms with van der Waals surface area (Å²) in [4.78, 5) is 53.6. The van der Waals surface area contributed by atoms with Crippen molar-refractivity contribution in [3.8, 4) is 0 Å². The van der Waals surface area contributed by atoms with E-state index in [1.165, 1.54) is 19.2 Å². The number of carbonyl (C=O) groups excluding carboxylic acids is 4. The van der Waals surface area contributed by atoms with E-state index < -0.39 is 41.6 Å². The first kappa shape index (κ1) is 26.2. The van der Waals surface area contributed by atoms with Crippen LogP contribution in [0.4, 0.5) is 4.39 Å². The molecule has 10 heteroatoms. The lowest BCUT2D eigenvalue weighted by atomic mass is 9.87. The third kappa shape index (κ3) is 6.80. The number of aromatic amines is 1. The maximum absolute atomic E-state index is 14.0. The maximum Gasteiger partial charge on any atom is 0.328 e. The van der Waals surface area contributed by atoms with E-state index >= 15 is 0 Å². The number of halogens is 1. The lowest BCUT2D eigenvalue weighted by molar-refractivity contribution is -0.146.